The Bertz CT molecular complexity index is 1550. The summed E-state index contributed by atoms with van der Waals surface area (Å²) in [6, 6.07) is 0.0894. The van der Waals surface area contributed by atoms with Gasteiger partial charge in [0.15, 0.2) is 0 Å². The third kappa shape index (κ3) is 6.57. The van der Waals surface area contributed by atoms with E-state index in [1.165, 1.54) is 31.3 Å². The predicted molar refractivity (Wildman–Crippen MR) is 210 cm³/mol. The van der Waals surface area contributed by atoms with E-state index in [0.29, 0.717) is 48.5 Å². The maximum absolute atomic E-state index is 14.2. The number of hydrogen-bond donors (Lipinski definition) is 2. The average molecular weight is 749 g/mol. The molecule has 7 fully saturated rings. The average Bonchev–Trinajstić information content (AvgIpc) is 3.69. The van der Waals surface area contributed by atoms with Crippen LogP contribution in [0.25, 0.3) is 0 Å². The van der Waals surface area contributed by atoms with Gasteiger partial charge in [0.25, 0.3) is 0 Å². The Hall–Kier alpha value is -2.38. The molecule has 8 nitrogen and oxygen atoms in total. The molecule has 0 aromatic carbocycles. The summed E-state index contributed by atoms with van der Waals surface area (Å²) in [5, 5.41) is 12.6. The molecule has 2 N–H and O–H groups in total. The number of carbonyl (C=O) groups excluding carboxylic acids is 3. The number of nitrogens with zero attached hydrogens (tertiary/aromatic N) is 1. The summed E-state index contributed by atoms with van der Waals surface area (Å²) in [6.07, 6.45) is 14.6. The normalized spacial score (nSPS) is 42.5. The molecule has 0 aromatic heterocycles. The highest BCUT2D eigenvalue weighted by Gasteiger charge is 2.71. The fourth-order valence-corrected chi connectivity index (χ4v) is 15.0. The van der Waals surface area contributed by atoms with E-state index in [1.54, 1.807) is 0 Å². The molecule has 302 valence electrons. The van der Waals surface area contributed by atoms with Gasteiger partial charge in [-0.1, -0.05) is 60.6 Å². The first kappa shape index (κ1) is 39.8. The minimum Gasteiger partial charge on any atom is -0.481 e. The number of esters is 1. The predicted octanol–water partition coefficient (Wildman–Crippen LogP) is 8.96. The number of fused-ring (bicyclic) bond motifs is 7. The highest BCUT2D eigenvalue weighted by Crippen LogP contribution is 2.78. The van der Waals surface area contributed by atoms with Crippen molar-refractivity contribution in [2.45, 2.75) is 170 Å². The SMILES string of the molecule is C=C(C)[C@@H]1CC[C@]2(CC(=O)N3CC[C@H](NC(=O)C4CC4)C3)CC[C@]3(C)[C@H](CC[C@@H]4[C@@]5(C)CC[C@H](OC(=O)CC(C)(C)CC(=O)O)C(C)(C)[C@@H]5CC[C@]43C)[C@@H]12. The Morgan fingerprint density at radius 1 is 0.833 bits per heavy atom. The molecule has 6 aliphatic carbocycles. The standard InChI is InChI=1S/C46H72N2O6/c1-28(2)31-14-20-46(24-36(49)48-23-17-30(27-48)47-40(53)29-10-11-29)22-21-44(8)32(39(31)46)12-13-34-43(7)18-16-35(42(5,6)33(43)15-19-45(34,44)9)54-38(52)26-41(3,4)25-37(50)51/h29-35,39H,1,10-27H2,2-9H3,(H,47,53)(H,50,51)/t30-,31-,32+,33-,34+,35-,39+,43-,44+,45+,46+/m0/s1. The van der Waals surface area contributed by atoms with E-state index in [1.807, 2.05) is 13.8 Å². The third-order valence-electron chi connectivity index (χ3n) is 18.0. The van der Waals surface area contributed by atoms with Crippen molar-refractivity contribution in [2.24, 2.45) is 68.0 Å². The first-order valence-corrected chi connectivity index (χ1v) is 21.8. The Kier molecular flexibility index (Phi) is 10.1. The molecule has 1 heterocycles. The molecule has 11 atom stereocenters. The second-order valence-electron chi connectivity index (χ2n) is 22.1. The zero-order valence-corrected chi connectivity index (χ0v) is 35.0. The number of hydrogen-bond acceptors (Lipinski definition) is 5. The van der Waals surface area contributed by atoms with Crippen LogP contribution in [0.4, 0.5) is 0 Å². The van der Waals surface area contributed by atoms with E-state index in [0.717, 1.165) is 64.3 Å². The van der Waals surface area contributed by atoms with Crippen molar-refractivity contribution >= 4 is 23.8 Å². The van der Waals surface area contributed by atoms with Gasteiger partial charge in [0.05, 0.1) is 12.8 Å². The van der Waals surface area contributed by atoms with E-state index in [2.05, 4.69) is 58.3 Å². The molecule has 0 aromatic rings. The third-order valence-corrected chi connectivity index (χ3v) is 18.0. The summed E-state index contributed by atoms with van der Waals surface area (Å²) < 4.78 is 6.29. The van der Waals surface area contributed by atoms with Crippen molar-refractivity contribution in [3.8, 4) is 0 Å². The van der Waals surface area contributed by atoms with Crippen molar-refractivity contribution in [3.63, 3.8) is 0 Å². The Morgan fingerprint density at radius 2 is 1.56 bits per heavy atom. The molecule has 1 saturated heterocycles. The summed E-state index contributed by atoms with van der Waals surface area (Å²) in [7, 11) is 0. The number of likely N-dealkylation sites (tertiary alicyclic amines) is 1. The first-order chi connectivity index (χ1) is 25.2. The number of nitrogens with one attached hydrogen (secondary N) is 1. The van der Waals surface area contributed by atoms with Crippen LogP contribution in [0.1, 0.15) is 158 Å². The monoisotopic (exact) mass is 749 g/mol. The minimum atomic E-state index is -0.887. The lowest BCUT2D eigenvalue weighted by Crippen LogP contribution is -2.67. The van der Waals surface area contributed by atoms with Crippen LogP contribution >= 0.6 is 0 Å². The smallest absolute Gasteiger partial charge is 0.306 e. The molecule has 1 aliphatic heterocycles. The summed E-state index contributed by atoms with van der Waals surface area (Å²) in [5.74, 6) is 2.05. The minimum absolute atomic E-state index is 0.0213. The summed E-state index contributed by atoms with van der Waals surface area (Å²) in [6.45, 7) is 24.4. The maximum Gasteiger partial charge on any atom is 0.306 e. The maximum atomic E-state index is 14.2. The summed E-state index contributed by atoms with van der Waals surface area (Å²) >= 11 is 0. The van der Waals surface area contributed by atoms with Crippen LogP contribution in [0.5, 0.6) is 0 Å². The molecule has 7 aliphatic rings. The van der Waals surface area contributed by atoms with Crippen LogP contribution in [0.3, 0.4) is 0 Å². The van der Waals surface area contributed by atoms with Crippen LogP contribution < -0.4 is 5.32 Å². The number of allylic oxidation sites excluding steroid dienone is 1. The van der Waals surface area contributed by atoms with Crippen LogP contribution in [-0.2, 0) is 23.9 Å². The molecule has 0 spiro atoms. The topological polar surface area (TPSA) is 113 Å². The van der Waals surface area contributed by atoms with Crippen molar-refractivity contribution in [2.75, 3.05) is 13.1 Å². The molecule has 2 amide bonds. The second-order valence-corrected chi connectivity index (χ2v) is 22.1. The van der Waals surface area contributed by atoms with Gasteiger partial charge in [0, 0.05) is 36.9 Å². The van der Waals surface area contributed by atoms with Crippen LogP contribution in [0.2, 0.25) is 0 Å². The number of amides is 2. The van der Waals surface area contributed by atoms with E-state index in [-0.39, 0.29) is 69.9 Å². The highest BCUT2D eigenvalue weighted by atomic mass is 16.5. The number of carbonyl (C=O) groups is 4. The highest BCUT2D eigenvalue weighted by molar-refractivity contribution is 5.82. The summed E-state index contributed by atoms with van der Waals surface area (Å²) in [4.78, 5) is 53.5. The van der Waals surface area contributed by atoms with E-state index in [9.17, 15) is 24.3 Å². The van der Waals surface area contributed by atoms with Gasteiger partial charge in [-0.2, -0.15) is 0 Å². The molecule has 54 heavy (non-hydrogen) atoms. The van der Waals surface area contributed by atoms with Crippen molar-refractivity contribution in [3.05, 3.63) is 12.2 Å². The number of aliphatic carboxylic acids is 1. The quantitative estimate of drug-likeness (QED) is 0.170. The molecular formula is C46H72N2O6. The Balaban J connectivity index is 1.08. The first-order valence-electron chi connectivity index (χ1n) is 21.8. The van der Waals surface area contributed by atoms with Crippen molar-refractivity contribution < 1.29 is 29.0 Å². The molecular weight excluding hydrogens is 677 g/mol. The van der Waals surface area contributed by atoms with Gasteiger partial charge in [-0.25, -0.2) is 0 Å². The molecule has 0 radical (unpaired) electrons. The molecule has 0 unspecified atom stereocenters. The van der Waals surface area contributed by atoms with E-state index < -0.39 is 11.4 Å². The van der Waals surface area contributed by atoms with Crippen molar-refractivity contribution in [1.29, 1.82) is 0 Å². The molecule has 8 heteroatoms. The zero-order valence-electron chi connectivity index (χ0n) is 35.0. The Morgan fingerprint density at radius 3 is 2.22 bits per heavy atom. The van der Waals surface area contributed by atoms with Gasteiger partial charge >= 0.3 is 11.9 Å². The van der Waals surface area contributed by atoms with Crippen LogP contribution in [0.15, 0.2) is 12.2 Å². The summed E-state index contributed by atoms with van der Waals surface area (Å²) in [5.41, 5.74) is 1.00. The second kappa shape index (κ2) is 13.6. The van der Waals surface area contributed by atoms with Crippen molar-refractivity contribution in [1.82, 2.24) is 10.2 Å². The molecule has 7 rings (SSSR count). The van der Waals surface area contributed by atoms with Gasteiger partial charge in [0.2, 0.25) is 11.8 Å². The zero-order chi connectivity index (χ0) is 39.2. The van der Waals surface area contributed by atoms with E-state index in [4.69, 9.17) is 4.74 Å². The fraction of sp³-hybridized carbons (Fsp3) is 0.870. The molecule has 6 saturated carbocycles. The van der Waals surface area contributed by atoms with Gasteiger partial charge in [-0.15, -0.1) is 0 Å². The van der Waals surface area contributed by atoms with Crippen LogP contribution in [0, 0.1) is 68.0 Å². The Labute approximate surface area is 325 Å². The lowest BCUT2D eigenvalue weighted by atomic mass is 9.32. The number of carboxylic acid groups (broad SMARTS) is 1. The van der Waals surface area contributed by atoms with E-state index >= 15 is 0 Å². The van der Waals surface area contributed by atoms with Gasteiger partial charge < -0.3 is 20.1 Å². The number of rotatable bonds is 10. The van der Waals surface area contributed by atoms with Gasteiger partial charge in [-0.05, 0) is 147 Å². The fourth-order valence-electron chi connectivity index (χ4n) is 15.0. The molecule has 0 bridgehead atoms. The van der Waals surface area contributed by atoms with Gasteiger partial charge in [-0.3, -0.25) is 19.2 Å². The number of carboxylic acids is 1. The largest absolute Gasteiger partial charge is 0.481 e. The van der Waals surface area contributed by atoms with Crippen LogP contribution in [-0.4, -0.2) is 59.0 Å². The lowest BCUT2D eigenvalue weighted by molar-refractivity contribution is -0.250. The van der Waals surface area contributed by atoms with Gasteiger partial charge in [0.1, 0.15) is 6.10 Å². The number of ether oxygens (including phenoxy) is 1. The lowest BCUT2D eigenvalue weighted by Gasteiger charge is -2.73.